The molecule has 0 heterocycles. The summed E-state index contributed by atoms with van der Waals surface area (Å²) >= 11 is 0. The lowest BCUT2D eigenvalue weighted by molar-refractivity contribution is -0.119. The highest BCUT2D eigenvalue weighted by molar-refractivity contribution is 5.75. The van der Waals surface area contributed by atoms with Crippen LogP contribution in [0.15, 0.2) is 12.2 Å². The lowest BCUT2D eigenvalue weighted by atomic mass is 10.00. The second-order valence-electron chi connectivity index (χ2n) is 2.86. The van der Waals surface area contributed by atoms with Crippen LogP contribution in [-0.2, 0) is 4.79 Å². The average Bonchev–Trinajstić information content (AvgIpc) is 1.86. The van der Waals surface area contributed by atoms with Gasteiger partial charge < -0.3 is 5.11 Å². The first-order chi connectivity index (χ1) is 5.07. The van der Waals surface area contributed by atoms with Crippen LogP contribution in [0.1, 0.15) is 27.2 Å². The van der Waals surface area contributed by atoms with E-state index in [-0.39, 0.29) is 18.1 Å². The van der Waals surface area contributed by atoms with Gasteiger partial charge in [0.05, 0.1) is 6.10 Å². The molecule has 0 spiro atoms. The fourth-order valence-electron chi connectivity index (χ4n) is 0.912. The first-order valence-electron chi connectivity index (χ1n) is 3.88. The summed E-state index contributed by atoms with van der Waals surface area (Å²) in [6.45, 7) is 5.29. The number of ketones is 1. The van der Waals surface area contributed by atoms with E-state index in [0.717, 1.165) is 0 Å². The van der Waals surface area contributed by atoms with Gasteiger partial charge in [-0.3, -0.25) is 4.79 Å². The average molecular weight is 156 g/mol. The molecule has 0 rings (SSSR count). The Morgan fingerprint density at radius 3 is 2.55 bits per heavy atom. The summed E-state index contributed by atoms with van der Waals surface area (Å²) in [6, 6.07) is 0. The summed E-state index contributed by atoms with van der Waals surface area (Å²) in [5, 5.41) is 9.35. The van der Waals surface area contributed by atoms with Crippen LogP contribution in [0.25, 0.3) is 0 Å². The second-order valence-corrected chi connectivity index (χ2v) is 2.86. The maximum Gasteiger partial charge on any atom is 0.132 e. The second kappa shape index (κ2) is 5.08. The van der Waals surface area contributed by atoms with Gasteiger partial charge in [0.15, 0.2) is 0 Å². The highest BCUT2D eigenvalue weighted by Crippen LogP contribution is 2.08. The number of hydrogen-bond donors (Lipinski definition) is 1. The van der Waals surface area contributed by atoms with Crippen molar-refractivity contribution in [1.82, 2.24) is 0 Å². The zero-order valence-corrected chi connectivity index (χ0v) is 7.37. The molecule has 0 aliphatic rings. The van der Waals surface area contributed by atoms with E-state index in [2.05, 4.69) is 0 Å². The lowest BCUT2D eigenvalue weighted by Gasteiger charge is -2.12. The van der Waals surface area contributed by atoms with Gasteiger partial charge in [-0.1, -0.05) is 19.1 Å². The normalized spacial score (nSPS) is 16.7. The minimum absolute atomic E-state index is 0.0360. The molecule has 0 saturated carbocycles. The van der Waals surface area contributed by atoms with Gasteiger partial charge in [-0.2, -0.15) is 0 Å². The van der Waals surface area contributed by atoms with Gasteiger partial charge in [-0.25, -0.2) is 0 Å². The van der Waals surface area contributed by atoms with Crippen molar-refractivity contribution < 1.29 is 9.90 Å². The van der Waals surface area contributed by atoms with E-state index < -0.39 is 6.10 Å². The van der Waals surface area contributed by atoms with E-state index in [9.17, 15) is 9.90 Å². The maximum absolute atomic E-state index is 10.6. The summed E-state index contributed by atoms with van der Waals surface area (Å²) in [6.07, 6.45) is 3.51. The number of hydrogen-bond acceptors (Lipinski definition) is 2. The molecular formula is C9H16O2. The number of aliphatic hydroxyl groups excluding tert-OH is 1. The number of aliphatic hydroxyl groups is 1. The number of carbonyl (C=O) groups excluding carboxylic acids is 1. The first-order valence-corrected chi connectivity index (χ1v) is 3.88. The molecule has 1 N–H and O–H groups in total. The van der Waals surface area contributed by atoms with Gasteiger partial charge in [0.25, 0.3) is 0 Å². The molecule has 0 saturated heterocycles. The molecule has 0 aromatic carbocycles. The van der Waals surface area contributed by atoms with E-state index in [1.165, 1.54) is 6.92 Å². The quantitative estimate of drug-likeness (QED) is 0.627. The Hall–Kier alpha value is -0.630. The van der Waals surface area contributed by atoms with E-state index in [4.69, 9.17) is 0 Å². The van der Waals surface area contributed by atoms with Crippen molar-refractivity contribution in [2.75, 3.05) is 0 Å². The van der Waals surface area contributed by atoms with Gasteiger partial charge in [0.1, 0.15) is 5.78 Å². The van der Waals surface area contributed by atoms with Crippen molar-refractivity contribution in [3.8, 4) is 0 Å². The zero-order chi connectivity index (χ0) is 8.85. The molecule has 2 heteroatoms. The molecule has 0 aromatic heterocycles. The molecule has 0 amide bonds. The van der Waals surface area contributed by atoms with Crippen LogP contribution in [0.5, 0.6) is 0 Å². The van der Waals surface area contributed by atoms with Crippen LogP contribution in [0, 0.1) is 5.92 Å². The Morgan fingerprint density at radius 1 is 1.64 bits per heavy atom. The van der Waals surface area contributed by atoms with Crippen molar-refractivity contribution in [3.63, 3.8) is 0 Å². The first kappa shape index (κ1) is 10.4. The Balaban J connectivity index is 3.81. The molecule has 0 aliphatic carbocycles. The summed E-state index contributed by atoms with van der Waals surface area (Å²) in [5.74, 6) is 0.109. The maximum atomic E-state index is 10.6. The molecule has 2 nitrogen and oxygen atoms in total. The van der Waals surface area contributed by atoms with Crippen molar-refractivity contribution in [2.24, 2.45) is 5.92 Å². The largest absolute Gasteiger partial charge is 0.392 e. The summed E-state index contributed by atoms with van der Waals surface area (Å²) in [7, 11) is 0. The molecule has 0 radical (unpaired) electrons. The van der Waals surface area contributed by atoms with E-state index >= 15 is 0 Å². The molecule has 0 fully saturated rings. The minimum atomic E-state index is -0.524. The van der Waals surface area contributed by atoms with Crippen LogP contribution >= 0.6 is 0 Å². The number of rotatable bonds is 4. The Bertz CT molecular complexity index is 150. The topological polar surface area (TPSA) is 37.3 Å². The third kappa shape index (κ3) is 4.73. The van der Waals surface area contributed by atoms with Crippen LogP contribution in [0.3, 0.4) is 0 Å². The van der Waals surface area contributed by atoms with Crippen molar-refractivity contribution in [1.29, 1.82) is 0 Å². The van der Waals surface area contributed by atoms with Gasteiger partial charge in [0.2, 0.25) is 0 Å². The molecule has 0 aliphatic heterocycles. The molecule has 0 unspecified atom stereocenters. The summed E-state index contributed by atoms with van der Waals surface area (Å²) in [4.78, 5) is 10.6. The Kier molecular flexibility index (Phi) is 4.79. The van der Waals surface area contributed by atoms with Gasteiger partial charge in [-0.15, -0.1) is 0 Å². The Labute approximate surface area is 67.9 Å². The molecule has 0 aromatic rings. The smallest absolute Gasteiger partial charge is 0.132 e. The molecule has 0 bridgehead atoms. The summed E-state index contributed by atoms with van der Waals surface area (Å²) < 4.78 is 0. The fraction of sp³-hybridized carbons (Fsp3) is 0.667. The van der Waals surface area contributed by atoms with Gasteiger partial charge in [0, 0.05) is 12.3 Å². The Morgan fingerprint density at radius 2 is 2.18 bits per heavy atom. The van der Waals surface area contributed by atoms with Crippen LogP contribution < -0.4 is 0 Å². The minimum Gasteiger partial charge on any atom is -0.392 e. The summed E-state index contributed by atoms with van der Waals surface area (Å²) in [5.41, 5.74) is 0. The van der Waals surface area contributed by atoms with E-state index in [0.29, 0.717) is 0 Å². The van der Waals surface area contributed by atoms with Crippen molar-refractivity contribution in [2.45, 2.75) is 33.3 Å². The molecule has 11 heavy (non-hydrogen) atoms. The highest BCUT2D eigenvalue weighted by Gasteiger charge is 2.12. The monoisotopic (exact) mass is 156 g/mol. The van der Waals surface area contributed by atoms with Crippen molar-refractivity contribution in [3.05, 3.63) is 12.2 Å². The lowest BCUT2D eigenvalue weighted by Crippen LogP contribution is -2.18. The predicted molar refractivity (Wildman–Crippen MR) is 45.3 cm³/mol. The predicted octanol–water partition coefficient (Wildman–Crippen LogP) is 1.54. The molecular weight excluding hydrogens is 140 g/mol. The SMILES string of the molecule is C/C=C/[C@H](C)[C@H](O)CC(C)=O. The van der Waals surface area contributed by atoms with Gasteiger partial charge >= 0.3 is 0 Å². The third-order valence-electron chi connectivity index (χ3n) is 1.60. The van der Waals surface area contributed by atoms with E-state index in [1.54, 1.807) is 0 Å². The van der Waals surface area contributed by atoms with E-state index in [1.807, 2.05) is 26.0 Å². The van der Waals surface area contributed by atoms with Crippen LogP contribution in [0.2, 0.25) is 0 Å². The van der Waals surface area contributed by atoms with Crippen LogP contribution in [-0.4, -0.2) is 17.0 Å². The standard InChI is InChI=1S/C9H16O2/c1-4-5-7(2)9(11)6-8(3)10/h4-5,7,9,11H,6H2,1-3H3/b5-4+/t7-,9+/m0/s1. The fourth-order valence-corrected chi connectivity index (χ4v) is 0.912. The number of carbonyl (C=O) groups is 1. The molecule has 2 atom stereocenters. The zero-order valence-electron chi connectivity index (χ0n) is 7.37. The van der Waals surface area contributed by atoms with Crippen molar-refractivity contribution >= 4 is 5.78 Å². The number of Topliss-reactive ketones (excluding diaryl/α,β-unsaturated/α-hetero) is 1. The number of allylic oxidation sites excluding steroid dienone is 1. The van der Waals surface area contributed by atoms with Gasteiger partial charge in [-0.05, 0) is 13.8 Å². The highest BCUT2D eigenvalue weighted by atomic mass is 16.3. The van der Waals surface area contributed by atoms with Crippen LogP contribution in [0.4, 0.5) is 0 Å². The molecule has 64 valence electrons. The third-order valence-corrected chi connectivity index (χ3v) is 1.60.